The predicted molar refractivity (Wildman–Crippen MR) is 88.8 cm³/mol. The van der Waals surface area contributed by atoms with Crippen LogP contribution >= 0.6 is 0 Å². The maximum Gasteiger partial charge on any atom is 0.224 e. The molecule has 0 aliphatic heterocycles. The van der Waals surface area contributed by atoms with Gasteiger partial charge in [0.05, 0.1) is 13.0 Å². The quantitative estimate of drug-likeness (QED) is 0.675. The standard InChI is InChI=1S/C18H19N3O2/c1-18(23,14-6-3-2-4-7-14)12-21-16(22)10-13-11-20-17-15(13)8-5-9-19-17/h2-9,11,23H,10,12H2,1H3,(H,19,20)(H,21,22). The number of aliphatic hydroxyl groups is 1. The van der Waals surface area contributed by atoms with E-state index in [0.717, 1.165) is 22.2 Å². The van der Waals surface area contributed by atoms with Crippen molar-refractivity contribution in [2.45, 2.75) is 18.9 Å². The molecule has 0 aliphatic carbocycles. The normalized spacial score (nSPS) is 13.7. The predicted octanol–water partition coefficient (Wildman–Crippen LogP) is 2.13. The van der Waals surface area contributed by atoms with E-state index < -0.39 is 5.60 Å². The molecule has 3 aromatic rings. The lowest BCUT2D eigenvalue weighted by atomic mass is 9.96. The van der Waals surface area contributed by atoms with Gasteiger partial charge in [0.15, 0.2) is 0 Å². The smallest absolute Gasteiger partial charge is 0.224 e. The second-order valence-corrected chi connectivity index (χ2v) is 5.81. The molecule has 0 bridgehead atoms. The van der Waals surface area contributed by atoms with Gasteiger partial charge >= 0.3 is 0 Å². The molecule has 0 saturated heterocycles. The number of amides is 1. The molecule has 0 saturated carbocycles. The summed E-state index contributed by atoms with van der Waals surface area (Å²) in [4.78, 5) is 19.4. The first kappa shape index (κ1) is 15.2. The molecule has 1 aromatic carbocycles. The zero-order chi connectivity index (χ0) is 16.3. The van der Waals surface area contributed by atoms with Crippen LogP contribution in [0.15, 0.2) is 54.9 Å². The largest absolute Gasteiger partial charge is 0.384 e. The summed E-state index contributed by atoms with van der Waals surface area (Å²) in [5.74, 6) is -0.133. The summed E-state index contributed by atoms with van der Waals surface area (Å²) in [5.41, 5.74) is 1.34. The highest BCUT2D eigenvalue weighted by molar-refractivity contribution is 5.87. The second kappa shape index (κ2) is 6.22. The summed E-state index contributed by atoms with van der Waals surface area (Å²) in [5, 5.41) is 14.2. The number of hydrogen-bond acceptors (Lipinski definition) is 3. The molecular formula is C18H19N3O2. The molecule has 3 N–H and O–H groups in total. The monoisotopic (exact) mass is 309 g/mol. The van der Waals surface area contributed by atoms with Crippen LogP contribution in [0.1, 0.15) is 18.1 Å². The number of nitrogens with one attached hydrogen (secondary N) is 2. The van der Waals surface area contributed by atoms with Crippen molar-refractivity contribution in [1.29, 1.82) is 0 Å². The zero-order valence-electron chi connectivity index (χ0n) is 12.9. The Hall–Kier alpha value is -2.66. The fraction of sp³-hybridized carbons (Fsp3) is 0.222. The number of rotatable bonds is 5. The van der Waals surface area contributed by atoms with E-state index in [4.69, 9.17) is 0 Å². The molecular weight excluding hydrogens is 290 g/mol. The number of carbonyl (C=O) groups is 1. The summed E-state index contributed by atoms with van der Waals surface area (Å²) in [6, 6.07) is 13.1. The molecule has 118 valence electrons. The number of carbonyl (C=O) groups excluding carboxylic acids is 1. The SMILES string of the molecule is CC(O)(CNC(=O)Cc1c[nH]c2ncccc12)c1ccccc1. The fourth-order valence-electron chi connectivity index (χ4n) is 2.56. The summed E-state index contributed by atoms with van der Waals surface area (Å²) < 4.78 is 0. The van der Waals surface area contributed by atoms with E-state index in [-0.39, 0.29) is 18.9 Å². The van der Waals surface area contributed by atoms with E-state index in [2.05, 4.69) is 15.3 Å². The molecule has 0 radical (unpaired) electrons. The number of hydrogen-bond donors (Lipinski definition) is 3. The van der Waals surface area contributed by atoms with Gasteiger partial charge in [-0.05, 0) is 30.2 Å². The van der Waals surface area contributed by atoms with Crippen LogP contribution in [0.5, 0.6) is 0 Å². The van der Waals surface area contributed by atoms with Crippen molar-refractivity contribution in [1.82, 2.24) is 15.3 Å². The minimum Gasteiger partial charge on any atom is -0.384 e. The number of aromatic nitrogens is 2. The zero-order valence-corrected chi connectivity index (χ0v) is 12.9. The first-order valence-electron chi connectivity index (χ1n) is 7.52. The van der Waals surface area contributed by atoms with Crippen molar-refractivity contribution >= 4 is 16.9 Å². The van der Waals surface area contributed by atoms with Gasteiger partial charge < -0.3 is 15.4 Å². The Labute approximate surface area is 134 Å². The van der Waals surface area contributed by atoms with E-state index in [0.29, 0.717) is 0 Å². The van der Waals surface area contributed by atoms with Gasteiger partial charge in [-0.25, -0.2) is 4.98 Å². The van der Waals surface area contributed by atoms with Crippen molar-refractivity contribution in [3.63, 3.8) is 0 Å². The van der Waals surface area contributed by atoms with Gasteiger partial charge in [0, 0.05) is 17.8 Å². The Morgan fingerprint density at radius 3 is 2.83 bits per heavy atom. The van der Waals surface area contributed by atoms with Crippen LogP contribution in [0.25, 0.3) is 11.0 Å². The maximum absolute atomic E-state index is 12.2. The Kier molecular flexibility index (Phi) is 4.12. The van der Waals surface area contributed by atoms with E-state index in [9.17, 15) is 9.90 Å². The Morgan fingerprint density at radius 2 is 2.04 bits per heavy atom. The van der Waals surface area contributed by atoms with Crippen LogP contribution in [0.2, 0.25) is 0 Å². The number of H-pyrrole nitrogens is 1. The average molecular weight is 309 g/mol. The van der Waals surface area contributed by atoms with E-state index in [1.54, 1.807) is 19.3 Å². The number of fused-ring (bicyclic) bond motifs is 1. The molecule has 23 heavy (non-hydrogen) atoms. The Bertz CT molecular complexity index is 809. The number of pyridine rings is 1. The third-order valence-corrected chi connectivity index (χ3v) is 3.91. The fourth-order valence-corrected chi connectivity index (χ4v) is 2.56. The van der Waals surface area contributed by atoms with Crippen LogP contribution in [0.3, 0.4) is 0 Å². The lowest BCUT2D eigenvalue weighted by Gasteiger charge is -2.24. The number of aromatic amines is 1. The van der Waals surface area contributed by atoms with Gasteiger partial charge in [-0.2, -0.15) is 0 Å². The van der Waals surface area contributed by atoms with Gasteiger partial charge in [0.2, 0.25) is 5.91 Å². The molecule has 2 aromatic heterocycles. The first-order chi connectivity index (χ1) is 11.1. The van der Waals surface area contributed by atoms with Crippen molar-refractivity contribution < 1.29 is 9.90 Å². The lowest BCUT2D eigenvalue weighted by molar-refractivity contribution is -0.121. The molecule has 0 fully saturated rings. The van der Waals surface area contributed by atoms with Crippen molar-refractivity contribution in [2.75, 3.05) is 6.54 Å². The van der Waals surface area contributed by atoms with Crippen LogP contribution in [-0.2, 0) is 16.8 Å². The molecule has 1 unspecified atom stereocenters. The molecule has 0 spiro atoms. The van der Waals surface area contributed by atoms with Crippen LogP contribution in [0, 0.1) is 0 Å². The van der Waals surface area contributed by atoms with E-state index >= 15 is 0 Å². The van der Waals surface area contributed by atoms with Gasteiger partial charge in [0.25, 0.3) is 0 Å². The lowest BCUT2D eigenvalue weighted by Crippen LogP contribution is -2.39. The molecule has 5 nitrogen and oxygen atoms in total. The topological polar surface area (TPSA) is 78.0 Å². The van der Waals surface area contributed by atoms with Gasteiger partial charge in [-0.1, -0.05) is 30.3 Å². The molecule has 3 rings (SSSR count). The van der Waals surface area contributed by atoms with E-state index in [1.807, 2.05) is 42.5 Å². The summed E-state index contributed by atoms with van der Waals surface area (Å²) in [7, 11) is 0. The van der Waals surface area contributed by atoms with Crippen molar-refractivity contribution in [2.24, 2.45) is 0 Å². The minimum absolute atomic E-state index is 0.133. The highest BCUT2D eigenvalue weighted by Crippen LogP contribution is 2.19. The van der Waals surface area contributed by atoms with Crippen molar-refractivity contribution in [3.05, 3.63) is 66.0 Å². The van der Waals surface area contributed by atoms with Crippen molar-refractivity contribution in [3.8, 4) is 0 Å². The Balaban J connectivity index is 1.64. The van der Waals surface area contributed by atoms with Crippen LogP contribution < -0.4 is 5.32 Å². The summed E-state index contributed by atoms with van der Waals surface area (Å²) in [6.45, 7) is 1.86. The maximum atomic E-state index is 12.2. The average Bonchev–Trinajstić information content (AvgIpc) is 2.97. The molecule has 0 aliphatic rings. The molecule has 1 amide bonds. The van der Waals surface area contributed by atoms with E-state index in [1.165, 1.54) is 0 Å². The van der Waals surface area contributed by atoms with Crippen LogP contribution in [-0.4, -0.2) is 27.5 Å². The third-order valence-electron chi connectivity index (χ3n) is 3.91. The summed E-state index contributed by atoms with van der Waals surface area (Å²) >= 11 is 0. The third kappa shape index (κ3) is 3.40. The highest BCUT2D eigenvalue weighted by atomic mass is 16.3. The minimum atomic E-state index is -1.10. The summed E-state index contributed by atoms with van der Waals surface area (Å²) in [6.07, 6.45) is 3.75. The number of nitrogens with zero attached hydrogens (tertiary/aromatic N) is 1. The van der Waals surface area contributed by atoms with Gasteiger partial charge in [-0.3, -0.25) is 4.79 Å². The molecule has 5 heteroatoms. The first-order valence-corrected chi connectivity index (χ1v) is 7.52. The van der Waals surface area contributed by atoms with Gasteiger partial charge in [0.1, 0.15) is 11.2 Å². The highest BCUT2D eigenvalue weighted by Gasteiger charge is 2.23. The molecule has 1 atom stereocenters. The number of benzene rings is 1. The second-order valence-electron chi connectivity index (χ2n) is 5.81. The van der Waals surface area contributed by atoms with Gasteiger partial charge in [-0.15, -0.1) is 0 Å². The Morgan fingerprint density at radius 1 is 1.26 bits per heavy atom. The van der Waals surface area contributed by atoms with Crippen LogP contribution in [0.4, 0.5) is 0 Å². The molecule has 2 heterocycles.